The van der Waals surface area contributed by atoms with Crippen molar-refractivity contribution in [1.29, 1.82) is 0 Å². The summed E-state index contributed by atoms with van der Waals surface area (Å²) in [6.07, 6.45) is 4.08. The molecule has 0 fully saturated rings. The average Bonchev–Trinajstić information content (AvgIpc) is 1.46. The van der Waals surface area contributed by atoms with Gasteiger partial charge in [0.2, 0.25) is 0 Å². The Morgan fingerprint density at radius 3 is 1.17 bits per heavy atom. The summed E-state index contributed by atoms with van der Waals surface area (Å²) in [4.78, 5) is 0. The molecule has 0 heterocycles. The third-order valence-electron chi connectivity index (χ3n) is 0. The van der Waals surface area contributed by atoms with Crippen LogP contribution in [-0.4, -0.2) is 12.5 Å². The Morgan fingerprint density at radius 1 is 1.17 bits per heavy atom. The van der Waals surface area contributed by atoms with E-state index in [2.05, 4.69) is 6.92 Å². The fraction of sp³-hybridized carbons (Fsp3) is 0.750. The van der Waals surface area contributed by atoms with E-state index in [0.717, 1.165) is 0 Å². The molecule has 0 spiro atoms. The van der Waals surface area contributed by atoms with Crippen LogP contribution in [-0.2, 0) is 17.1 Å². The molecule has 0 unspecified atom stereocenters. The number of hydrogen-bond acceptors (Lipinski definition) is 1. The molecule has 0 amide bonds. The van der Waals surface area contributed by atoms with Crippen molar-refractivity contribution in [1.82, 2.24) is 0 Å². The average molecular weight is 155 g/mol. The van der Waals surface area contributed by atoms with Gasteiger partial charge in [-0.2, -0.15) is 18.7 Å². The summed E-state index contributed by atoms with van der Waals surface area (Å²) < 4.78 is 0. The van der Waals surface area contributed by atoms with Crippen LogP contribution < -0.4 is 0 Å². The molecule has 0 aromatic carbocycles. The van der Waals surface area contributed by atoms with Gasteiger partial charge in [-0.1, -0.05) is 0 Å². The van der Waals surface area contributed by atoms with Gasteiger partial charge < -0.3 is 6.92 Å². The molecule has 2 heteroatoms. The van der Waals surface area contributed by atoms with Crippen molar-refractivity contribution in [2.24, 2.45) is 0 Å². The molecule has 0 bridgehead atoms. The topological polar surface area (TPSA) is 0 Å². The predicted octanol–water partition coefficient (Wildman–Crippen LogP) is 1.82. The van der Waals surface area contributed by atoms with Gasteiger partial charge in [0.05, 0.1) is 0 Å². The molecule has 44 valence electrons. The number of hydrogen-bond donors (Lipinski definition) is 0. The van der Waals surface area contributed by atoms with Gasteiger partial charge in [0, 0.05) is 0 Å². The summed E-state index contributed by atoms with van der Waals surface area (Å²) in [6, 6.07) is 0. The van der Waals surface area contributed by atoms with Crippen molar-refractivity contribution in [2.45, 2.75) is 6.92 Å². The van der Waals surface area contributed by atoms with Crippen molar-refractivity contribution < 1.29 is 17.1 Å². The van der Waals surface area contributed by atoms with Crippen LogP contribution >= 0.6 is 11.8 Å². The molecule has 0 aliphatic heterocycles. The van der Waals surface area contributed by atoms with E-state index in [-0.39, 0.29) is 17.1 Å². The van der Waals surface area contributed by atoms with E-state index in [1.165, 1.54) is 0 Å². The Labute approximate surface area is 55.6 Å². The first-order valence-electron chi connectivity index (χ1n) is 1.52. The normalized spacial score (nSPS) is 4.00. The van der Waals surface area contributed by atoms with E-state index in [9.17, 15) is 0 Å². The summed E-state index contributed by atoms with van der Waals surface area (Å²) in [7, 11) is 0. The van der Waals surface area contributed by atoms with Crippen LogP contribution in [0.25, 0.3) is 0 Å². The van der Waals surface area contributed by atoms with Crippen LogP contribution in [0, 0.1) is 6.92 Å². The summed E-state index contributed by atoms with van der Waals surface area (Å²) in [6.45, 7) is 5.00. The maximum absolute atomic E-state index is 3.25. The van der Waals surface area contributed by atoms with E-state index in [1.54, 1.807) is 18.7 Å². The molecule has 0 atom stereocenters. The van der Waals surface area contributed by atoms with Gasteiger partial charge in [0.15, 0.2) is 0 Å². The molecule has 0 radical (unpaired) electrons. The van der Waals surface area contributed by atoms with Crippen molar-refractivity contribution in [3.8, 4) is 0 Å². The Kier molecular flexibility index (Phi) is 105. The van der Waals surface area contributed by atoms with Gasteiger partial charge in [0.25, 0.3) is 0 Å². The molecule has 0 N–H and O–H groups in total. The molecule has 0 aliphatic rings. The van der Waals surface area contributed by atoms with Gasteiger partial charge >= 0.3 is 17.1 Å². The summed E-state index contributed by atoms with van der Waals surface area (Å²) in [5.41, 5.74) is 0. The van der Waals surface area contributed by atoms with Crippen molar-refractivity contribution in [2.75, 3.05) is 12.5 Å². The zero-order valence-electron chi connectivity index (χ0n) is 4.42. The first-order chi connectivity index (χ1) is 2.41. The van der Waals surface area contributed by atoms with Crippen molar-refractivity contribution in [3.05, 3.63) is 6.92 Å². The minimum Gasteiger partial charge on any atom is -0.346 e. The molecule has 0 saturated heterocycles. The van der Waals surface area contributed by atoms with Crippen LogP contribution in [0.3, 0.4) is 0 Å². The van der Waals surface area contributed by atoms with E-state index in [4.69, 9.17) is 0 Å². The van der Waals surface area contributed by atoms with E-state index >= 15 is 0 Å². The Morgan fingerprint density at radius 2 is 1.17 bits per heavy atom. The van der Waals surface area contributed by atoms with E-state index < -0.39 is 0 Å². The summed E-state index contributed by atoms with van der Waals surface area (Å²) in [5.74, 6) is 0. The molecule has 0 aromatic heterocycles. The monoisotopic (exact) mass is 154 g/mol. The molecule has 0 aliphatic carbocycles. The van der Waals surface area contributed by atoms with E-state index in [0.29, 0.717) is 0 Å². The number of thioether (sulfide) groups is 1. The molecule has 0 rings (SSSR count). The van der Waals surface area contributed by atoms with Gasteiger partial charge in [-0.25, -0.2) is 0 Å². The number of rotatable bonds is 0. The quantitative estimate of drug-likeness (QED) is 0.379. The maximum Gasteiger partial charge on any atom is 1.00 e. The SMILES string of the molecule is CSC.[CH2-]C.[Cu+]. The Hall–Kier alpha value is 0.869. The van der Waals surface area contributed by atoms with Crippen LogP contribution in [0.1, 0.15) is 6.92 Å². The summed E-state index contributed by atoms with van der Waals surface area (Å²) in [5, 5.41) is 0. The third kappa shape index (κ3) is 96.4. The maximum atomic E-state index is 3.25. The van der Waals surface area contributed by atoms with Crippen LogP contribution in [0.4, 0.5) is 0 Å². The van der Waals surface area contributed by atoms with Gasteiger partial charge in [-0.15, -0.1) is 0 Å². The van der Waals surface area contributed by atoms with Gasteiger partial charge in [0.1, 0.15) is 0 Å². The third-order valence-corrected chi connectivity index (χ3v) is 0. The zero-order valence-corrected chi connectivity index (χ0v) is 6.18. The largest absolute Gasteiger partial charge is 1.00 e. The Balaban J connectivity index is -0.0000000275. The van der Waals surface area contributed by atoms with Crippen LogP contribution in [0.15, 0.2) is 0 Å². The summed E-state index contributed by atoms with van der Waals surface area (Å²) >= 11 is 1.75. The predicted molar refractivity (Wildman–Crippen MR) is 30.5 cm³/mol. The molecular weight excluding hydrogens is 144 g/mol. The fourth-order valence-corrected chi connectivity index (χ4v) is 0. The molecule has 0 nitrogen and oxygen atoms in total. The first kappa shape index (κ1) is 15.8. The first-order valence-corrected chi connectivity index (χ1v) is 3.16. The minimum absolute atomic E-state index is 0. The standard InChI is InChI=1S/C2H6S.C2H5.Cu/c1-3-2;1-2;/h1-2H3;1H2,2H3;/q;-1;+1. The smallest absolute Gasteiger partial charge is 0.346 e. The van der Waals surface area contributed by atoms with E-state index in [1.807, 2.05) is 12.5 Å². The Bertz CT molecular complexity index is 7.51. The second-order valence-corrected chi connectivity index (χ2v) is 1.22. The molecule has 0 aromatic rings. The van der Waals surface area contributed by atoms with Crippen molar-refractivity contribution >= 4 is 11.8 Å². The fourth-order valence-electron chi connectivity index (χ4n) is 0. The zero-order chi connectivity index (χ0) is 4.71. The van der Waals surface area contributed by atoms with Crippen LogP contribution in [0.5, 0.6) is 0 Å². The molecular formula is C4H11CuS. The molecule has 0 saturated carbocycles. The van der Waals surface area contributed by atoms with Crippen LogP contribution in [0.2, 0.25) is 0 Å². The second kappa shape index (κ2) is 39.8. The second-order valence-electron chi connectivity index (χ2n) is 0.408. The van der Waals surface area contributed by atoms with Gasteiger partial charge in [-0.05, 0) is 12.5 Å². The minimum atomic E-state index is 0. The molecule has 6 heavy (non-hydrogen) atoms. The van der Waals surface area contributed by atoms with Crippen molar-refractivity contribution in [3.63, 3.8) is 0 Å². The van der Waals surface area contributed by atoms with Gasteiger partial charge in [-0.3, -0.25) is 0 Å².